The molecule has 1 fully saturated rings. The Balaban J connectivity index is 2.06. The van der Waals surface area contributed by atoms with Crippen LogP contribution < -0.4 is 0 Å². The van der Waals surface area contributed by atoms with E-state index in [0.29, 0.717) is 31.0 Å². The number of hydrogen-bond donors (Lipinski definition) is 0. The predicted molar refractivity (Wildman–Crippen MR) is 158 cm³/mol. The highest BCUT2D eigenvalue weighted by Gasteiger charge is 2.56. The lowest BCUT2D eigenvalue weighted by Crippen LogP contribution is -2.54. The summed E-state index contributed by atoms with van der Waals surface area (Å²) in [5, 5.41) is 0.00293. The predicted octanol–water partition coefficient (Wildman–Crippen LogP) is 7.06. The van der Waals surface area contributed by atoms with Crippen LogP contribution in [0.3, 0.4) is 0 Å². The Morgan fingerprint density at radius 1 is 1.15 bits per heavy atom. The highest BCUT2D eigenvalue weighted by atomic mass is 28.4. The van der Waals surface area contributed by atoms with Crippen molar-refractivity contribution in [2.45, 2.75) is 109 Å². The van der Waals surface area contributed by atoms with E-state index in [-0.39, 0.29) is 28.9 Å². The van der Waals surface area contributed by atoms with Gasteiger partial charge >= 0.3 is 7.12 Å². The molecule has 0 saturated carbocycles. The summed E-state index contributed by atoms with van der Waals surface area (Å²) in [6, 6.07) is 3.56. The number of hydrogen-bond acceptors (Lipinski definition) is 7. The first-order valence-electron chi connectivity index (χ1n) is 14.1. The molecule has 3 rings (SSSR count). The smallest absolute Gasteiger partial charge is 0.458 e. The van der Waals surface area contributed by atoms with Crippen LogP contribution in [0, 0.1) is 5.92 Å². The van der Waals surface area contributed by atoms with E-state index in [1.165, 1.54) is 0 Å². The molecule has 7 nitrogen and oxygen atoms in total. The first-order valence-corrected chi connectivity index (χ1v) is 17.0. The molecule has 0 aliphatic carbocycles. The van der Waals surface area contributed by atoms with Crippen molar-refractivity contribution in [3.05, 3.63) is 35.9 Å². The Morgan fingerprint density at radius 2 is 1.79 bits per heavy atom. The number of aromatic nitrogens is 1. The van der Waals surface area contributed by atoms with Gasteiger partial charge in [0.25, 0.3) is 0 Å². The lowest BCUT2D eigenvalue weighted by molar-refractivity contribution is -0.0350. The number of methoxy groups -OCH3 is 1. The summed E-state index contributed by atoms with van der Waals surface area (Å²) in [4.78, 5) is 8.91. The van der Waals surface area contributed by atoms with Crippen molar-refractivity contribution >= 4 is 27.0 Å². The third-order valence-corrected chi connectivity index (χ3v) is 13.4. The Bertz CT molecular complexity index is 1040. The lowest BCUT2D eigenvalue weighted by atomic mass is 9.68. The molecule has 2 aliphatic heterocycles. The van der Waals surface area contributed by atoms with Crippen molar-refractivity contribution in [1.29, 1.82) is 0 Å². The topological polar surface area (TPSA) is 71.4 Å². The van der Waals surface area contributed by atoms with Crippen molar-refractivity contribution in [3.8, 4) is 0 Å². The Hall–Kier alpha value is -1.59. The third-order valence-electron chi connectivity index (χ3n) is 8.88. The number of halogens is 1. The van der Waals surface area contributed by atoms with Gasteiger partial charge in [-0.15, -0.1) is 0 Å². The SMILES string of the molecule is CCCOC1=NC(c2cccnc2)=C(F)CC1(OC)C(CO[Si](C)(C)C(C)(C)C)CB1OC(C)(C)C(C)(C)O1. The van der Waals surface area contributed by atoms with Gasteiger partial charge in [0, 0.05) is 44.0 Å². The molecular weight excluding hydrogens is 514 g/mol. The lowest BCUT2D eigenvalue weighted by Gasteiger charge is -2.44. The fourth-order valence-corrected chi connectivity index (χ4v) is 5.63. The molecule has 0 radical (unpaired) electrons. The van der Waals surface area contributed by atoms with Crippen LogP contribution in [-0.2, 0) is 23.2 Å². The second-order valence-corrected chi connectivity index (χ2v) is 18.0. The Morgan fingerprint density at radius 3 is 2.31 bits per heavy atom. The largest absolute Gasteiger partial charge is 0.479 e. The summed E-state index contributed by atoms with van der Waals surface area (Å²) < 4.78 is 48.0. The molecule has 0 bridgehead atoms. The summed E-state index contributed by atoms with van der Waals surface area (Å²) in [7, 11) is -1.08. The van der Waals surface area contributed by atoms with Crippen LogP contribution in [0.15, 0.2) is 35.3 Å². The minimum absolute atomic E-state index is 0.00293. The van der Waals surface area contributed by atoms with Crippen LogP contribution in [-0.4, -0.2) is 63.4 Å². The molecule has 0 N–H and O–H groups in total. The van der Waals surface area contributed by atoms with Gasteiger partial charge < -0.3 is 23.2 Å². The van der Waals surface area contributed by atoms with Gasteiger partial charge in [0.1, 0.15) is 11.5 Å². The molecule has 2 unspecified atom stereocenters. The Kier molecular flexibility index (Phi) is 9.60. The van der Waals surface area contributed by atoms with E-state index < -0.39 is 32.2 Å². The fraction of sp³-hybridized carbons (Fsp3) is 0.724. The molecule has 0 aromatic carbocycles. The maximum atomic E-state index is 16.0. The molecule has 1 saturated heterocycles. The zero-order valence-corrected chi connectivity index (χ0v) is 26.8. The number of ether oxygens (including phenoxy) is 2. The molecule has 2 atom stereocenters. The molecule has 2 aliphatic rings. The van der Waals surface area contributed by atoms with Gasteiger partial charge in [-0.25, -0.2) is 9.38 Å². The molecule has 1 aromatic heterocycles. The van der Waals surface area contributed by atoms with Crippen molar-refractivity contribution in [2.24, 2.45) is 10.9 Å². The average Bonchev–Trinajstić information content (AvgIpc) is 3.05. The number of aliphatic imine (C=N–C) groups is 1. The number of pyridine rings is 1. The van der Waals surface area contributed by atoms with Crippen LogP contribution in [0.25, 0.3) is 5.70 Å². The molecule has 0 amide bonds. The van der Waals surface area contributed by atoms with Gasteiger partial charge in [0.15, 0.2) is 13.9 Å². The van der Waals surface area contributed by atoms with Crippen molar-refractivity contribution in [1.82, 2.24) is 4.98 Å². The van der Waals surface area contributed by atoms with Crippen LogP contribution in [0.4, 0.5) is 4.39 Å². The van der Waals surface area contributed by atoms with E-state index in [0.717, 1.165) is 6.42 Å². The van der Waals surface area contributed by atoms with E-state index in [9.17, 15) is 0 Å². The van der Waals surface area contributed by atoms with Crippen LogP contribution >= 0.6 is 0 Å². The molecule has 10 heteroatoms. The normalized spacial score (nSPS) is 24.1. The van der Waals surface area contributed by atoms with Gasteiger partial charge in [-0.3, -0.25) is 4.98 Å². The summed E-state index contributed by atoms with van der Waals surface area (Å²) in [5.41, 5.74) is -1.37. The Labute approximate surface area is 236 Å². The standard InChI is InChI=1S/C29H48BFN2O5Si/c1-12-16-35-25-29(34-9,17-23(31)24(33-25)21-14-13-15-32-19-21)22(20-36-39(10,11)26(2,3)4)18-30-37-27(5,6)28(7,8)38-30/h13-15,19,22H,12,16-18,20H2,1-11H3. The van der Waals surface area contributed by atoms with Crippen LogP contribution in [0.5, 0.6) is 0 Å². The third kappa shape index (κ3) is 6.67. The second-order valence-electron chi connectivity index (χ2n) is 13.2. The minimum atomic E-state index is -2.15. The molecule has 1 aromatic rings. The maximum Gasteiger partial charge on any atom is 0.458 e. The summed E-state index contributed by atoms with van der Waals surface area (Å²) in [6.07, 6.45) is 4.43. The number of nitrogens with zero attached hydrogens (tertiary/aromatic N) is 2. The molecule has 0 spiro atoms. The van der Waals surface area contributed by atoms with Gasteiger partial charge in [-0.2, -0.15) is 0 Å². The summed E-state index contributed by atoms with van der Waals surface area (Å²) in [5.74, 6) is -0.379. The molecular formula is C29H48BFN2O5Si. The van der Waals surface area contributed by atoms with Gasteiger partial charge in [0.2, 0.25) is 5.90 Å². The van der Waals surface area contributed by atoms with E-state index >= 15 is 4.39 Å². The summed E-state index contributed by atoms with van der Waals surface area (Å²) >= 11 is 0. The van der Waals surface area contributed by atoms with Crippen LogP contribution in [0.2, 0.25) is 24.5 Å². The molecule has 39 heavy (non-hydrogen) atoms. The highest BCUT2D eigenvalue weighted by Crippen LogP contribution is 2.46. The van der Waals surface area contributed by atoms with Gasteiger partial charge in [-0.1, -0.05) is 27.7 Å². The number of rotatable bonds is 10. The van der Waals surface area contributed by atoms with E-state index in [4.69, 9.17) is 28.2 Å². The van der Waals surface area contributed by atoms with E-state index in [1.807, 2.05) is 34.6 Å². The van der Waals surface area contributed by atoms with E-state index in [1.54, 1.807) is 31.6 Å². The maximum absolute atomic E-state index is 16.0. The monoisotopic (exact) mass is 562 g/mol. The van der Waals surface area contributed by atoms with E-state index in [2.05, 4.69) is 38.8 Å². The molecule has 218 valence electrons. The van der Waals surface area contributed by atoms with Crippen molar-refractivity contribution in [2.75, 3.05) is 20.3 Å². The van der Waals surface area contributed by atoms with Crippen LogP contribution in [0.1, 0.15) is 73.8 Å². The first kappa shape index (κ1) is 31.9. The van der Waals surface area contributed by atoms with Gasteiger partial charge in [0.05, 0.1) is 17.8 Å². The van der Waals surface area contributed by atoms with Gasteiger partial charge in [-0.05, 0) is 70.7 Å². The minimum Gasteiger partial charge on any atom is -0.479 e. The zero-order chi connectivity index (χ0) is 29.3. The second kappa shape index (κ2) is 11.7. The zero-order valence-electron chi connectivity index (χ0n) is 25.8. The first-order chi connectivity index (χ1) is 18.0. The average molecular weight is 563 g/mol. The highest BCUT2D eigenvalue weighted by molar-refractivity contribution is 6.74. The van der Waals surface area contributed by atoms with Crippen molar-refractivity contribution in [3.63, 3.8) is 0 Å². The quantitative estimate of drug-likeness (QED) is 0.284. The summed E-state index contributed by atoms with van der Waals surface area (Å²) in [6.45, 7) is 21.9. The van der Waals surface area contributed by atoms with Crippen molar-refractivity contribution < 1.29 is 27.6 Å². The molecule has 3 heterocycles. The fourth-order valence-electron chi connectivity index (χ4n) is 4.58.